The number of carbonyl (C=O) groups is 1. The summed E-state index contributed by atoms with van der Waals surface area (Å²) >= 11 is 0. The van der Waals surface area contributed by atoms with Crippen LogP contribution in [0.3, 0.4) is 0 Å². The van der Waals surface area contributed by atoms with Gasteiger partial charge in [-0.3, -0.25) is 4.79 Å². The average molecular weight is 545 g/mol. The van der Waals surface area contributed by atoms with Crippen LogP contribution in [0.5, 0.6) is 28.7 Å². The molecule has 0 aliphatic heterocycles. The molecule has 212 valence electrons. The second kappa shape index (κ2) is 15.4. The van der Waals surface area contributed by atoms with E-state index in [4.69, 9.17) is 4.74 Å². The zero-order chi connectivity index (χ0) is 28.9. The number of rotatable bonds is 15. The number of carbonyl (C=O) groups excluding carboxylic acids is 1. The summed E-state index contributed by atoms with van der Waals surface area (Å²) in [5.41, 5.74) is 1.56. The molecule has 3 aromatic rings. The smallest absolute Gasteiger partial charge is 0.193 e. The Morgan fingerprint density at radius 2 is 1.45 bits per heavy atom. The maximum atomic E-state index is 13.3. The SMILES string of the molecule is CCCCCCCCC/C=C/[C@@H](c1ccc(O)cc1)c1c(O)cc(OC)c(C(=O)/C=C/c2ccc(O)cc2)c1O. The highest BCUT2D eigenvalue weighted by molar-refractivity contribution is 6.11. The van der Waals surface area contributed by atoms with E-state index in [1.807, 2.05) is 12.2 Å². The van der Waals surface area contributed by atoms with Gasteiger partial charge in [-0.15, -0.1) is 0 Å². The topological polar surface area (TPSA) is 107 Å². The Hall–Kier alpha value is -4.19. The lowest BCUT2D eigenvalue weighted by Crippen LogP contribution is -2.06. The van der Waals surface area contributed by atoms with E-state index in [0.29, 0.717) is 5.56 Å². The summed E-state index contributed by atoms with van der Waals surface area (Å²) in [6.45, 7) is 2.21. The molecule has 0 fully saturated rings. The van der Waals surface area contributed by atoms with Gasteiger partial charge < -0.3 is 25.2 Å². The molecule has 0 radical (unpaired) electrons. The first kappa shape index (κ1) is 30.4. The van der Waals surface area contributed by atoms with Crippen molar-refractivity contribution in [2.24, 2.45) is 0 Å². The molecule has 3 aromatic carbocycles. The van der Waals surface area contributed by atoms with Gasteiger partial charge in [0.2, 0.25) is 0 Å². The molecular formula is C34H40O6. The molecule has 3 rings (SSSR count). The van der Waals surface area contributed by atoms with Gasteiger partial charge in [0, 0.05) is 17.5 Å². The van der Waals surface area contributed by atoms with Crippen molar-refractivity contribution in [2.45, 2.75) is 64.2 Å². The Morgan fingerprint density at radius 1 is 0.850 bits per heavy atom. The summed E-state index contributed by atoms with van der Waals surface area (Å²) < 4.78 is 5.35. The molecule has 6 heteroatoms. The average Bonchev–Trinajstić information content (AvgIpc) is 2.95. The number of ketones is 1. The van der Waals surface area contributed by atoms with Crippen LogP contribution >= 0.6 is 0 Å². The van der Waals surface area contributed by atoms with Crippen LogP contribution in [-0.4, -0.2) is 33.3 Å². The maximum absolute atomic E-state index is 13.3. The Bertz CT molecular complexity index is 1290. The molecule has 0 aliphatic rings. The number of ether oxygens (including phenoxy) is 1. The van der Waals surface area contributed by atoms with E-state index in [-0.39, 0.29) is 39.9 Å². The number of unbranched alkanes of at least 4 members (excludes halogenated alkanes) is 7. The normalized spacial score (nSPS) is 12.2. The van der Waals surface area contributed by atoms with Gasteiger partial charge in [0.05, 0.1) is 7.11 Å². The Kier molecular flexibility index (Phi) is 11.7. The molecule has 40 heavy (non-hydrogen) atoms. The number of benzene rings is 3. The van der Waals surface area contributed by atoms with Crippen LogP contribution in [0.25, 0.3) is 6.08 Å². The molecule has 0 aliphatic carbocycles. The number of phenolic OH excluding ortho intramolecular Hbond substituents is 4. The van der Waals surface area contributed by atoms with Gasteiger partial charge in [0.1, 0.15) is 34.3 Å². The quantitative estimate of drug-likeness (QED) is 0.0664. The van der Waals surface area contributed by atoms with Crippen LogP contribution in [0.4, 0.5) is 0 Å². The Balaban J connectivity index is 1.91. The van der Waals surface area contributed by atoms with Gasteiger partial charge in [0.15, 0.2) is 5.78 Å². The lowest BCUT2D eigenvalue weighted by atomic mass is 9.87. The second-order valence-electron chi connectivity index (χ2n) is 9.93. The zero-order valence-electron chi connectivity index (χ0n) is 23.3. The van der Waals surface area contributed by atoms with E-state index in [1.54, 1.807) is 42.5 Å². The summed E-state index contributed by atoms with van der Waals surface area (Å²) in [5.74, 6) is -1.36. The van der Waals surface area contributed by atoms with Gasteiger partial charge in [-0.25, -0.2) is 0 Å². The van der Waals surface area contributed by atoms with Crippen LogP contribution in [0.2, 0.25) is 0 Å². The van der Waals surface area contributed by atoms with Crippen molar-refractivity contribution in [1.82, 2.24) is 0 Å². The molecular weight excluding hydrogens is 504 g/mol. The minimum Gasteiger partial charge on any atom is -0.508 e. The van der Waals surface area contributed by atoms with E-state index in [0.717, 1.165) is 24.8 Å². The van der Waals surface area contributed by atoms with Crippen molar-refractivity contribution in [3.05, 3.63) is 95.1 Å². The maximum Gasteiger partial charge on any atom is 0.193 e. The molecule has 0 bridgehead atoms. The highest BCUT2D eigenvalue weighted by Gasteiger charge is 2.27. The van der Waals surface area contributed by atoms with E-state index < -0.39 is 11.7 Å². The standard InChI is InChI=1S/C34H40O6/c1-3-4-5-6-7-8-9-10-11-12-28(25-16-20-27(36)21-17-25)32-30(38)23-31(40-2)33(34(32)39)29(37)22-15-24-13-18-26(35)19-14-24/h11-23,28,35-36,38-39H,3-10H2,1-2H3/b12-11+,22-15+/t28-/m0/s1. The van der Waals surface area contributed by atoms with Crippen molar-refractivity contribution in [3.63, 3.8) is 0 Å². The number of methoxy groups -OCH3 is 1. The first-order valence-electron chi connectivity index (χ1n) is 14.0. The summed E-state index contributed by atoms with van der Waals surface area (Å²) in [7, 11) is 1.37. The van der Waals surface area contributed by atoms with Crippen molar-refractivity contribution < 1.29 is 30.0 Å². The van der Waals surface area contributed by atoms with E-state index in [2.05, 4.69) is 6.92 Å². The van der Waals surface area contributed by atoms with Crippen molar-refractivity contribution in [1.29, 1.82) is 0 Å². The van der Waals surface area contributed by atoms with Gasteiger partial charge in [-0.2, -0.15) is 0 Å². The van der Waals surface area contributed by atoms with Crippen LogP contribution in [0, 0.1) is 0 Å². The van der Waals surface area contributed by atoms with Gasteiger partial charge in [-0.05, 0) is 54.3 Å². The monoisotopic (exact) mass is 544 g/mol. The third-order valence-electron chi connectivity index (χ3n) is 6.93. The number of aromatic hydroxyl groups is 4. The van der Waals surface area contributed by atoms with Crippen LogP contribution in [0.1, 0.15) is 91.3 Å². The Labute approximate surface area is 236 Å². The predicted molar refractivity (Wildman–Crippen MR) is 159 cm³/mol. The lowest BCUT2D eigenvalue weighted by Gasteiger charge is -2.20. The molecule has 4 N–H and O–H groups in total. The van der Waals surface area contributed by atoms with Crippen molar-refractivity contribution >= 4 is 11.9 Å². The van der Waals surface area contributed by atoms with Crippen molar-refractivity contribution in [3.8, 4) is 28.7 Å². The van der Waals surface area contributed by atoms with Gasteiger partial charge >= 0.3 is 0 Å². The summed E-state index contributed by atoms with van der Waals surface area (Å²) in [4.78, 5) is 13.3. The molecule has 0 saturated carbocycles. The largest absolute Gasteiger partial charge is 0.508 e. The van der Waals surface area contributed by atoms with Crippen LogP contribution in [0.15, 0.2) is 72.8 Å². The highest BCUT2D eigenvalue weighted by Crippen LogP contribution is 2.45. The molecule has 0 heterocycles. The highest BCUT2D eigenvalue weighted by atomic mass is 16.5. The summed E-state index contributed by atoms with van der Waals surface area (Å²) in [6, 6.07) is 14.3. The first-order valence-corrected chi connectivity index (χ1v) is 14.0. The molecule has 1 atom stereocenters. The van der Waals surface area contributed by atoms with Crippen LogP contribution < -0.4 is 4.74 Å². The molecule has 0 aromatic heterocycles. The zero-order valence-corrected chi connectivity index (χ0v) is 23.3. The third kappa shape index (κ3) is 8.40. The predicted octanol–water partition coefficient (Wildman–Crippen LogP) is 8.24. The molecule has 0 amide bonds. The van der Waals surface area contributed by atoms with Gasteiger partial charge in [-0.1, -0.05) is 87.9 Å². The molecule has 6 nitrogen and oxygen atoms in total. The minimum absolute atomic E-state index is 0.0515. The fourth-order valence-electron chi connectivity index (χ4n) is 4.70. The van der Waals surface area contributed by atoms with E-state index >= 15 is 0 Å². The van der Waals surface area contributed by atoms with Crippen LogP contribution in [-0.2, 0) is 0 Å². The number of hydrogen-bond acceptors (Lipinski definition) is 6. The van der Waals surface area contributed by atoms with E-state index in [1.165, 1.54) is 63.5 Å². The van der Waals surface area contributed by atoms with E-state index in [9.17, 15) is 25.2 Å². The third-order valence-corrected chi connectivity index (χ3v) is 6.93. The lowest BCUT2D eigenvalue weighted by molar-refractivity contribution is 0.104. The van der Waals surface area contributed by atoms with Crippen molar-refractivity contribution in [2.75, 3.05) is 7.11 Å². The molecule has 0 saturated heterocycles. The second-order valence-corrected chi connectivity index (χ2v) is 9.93. The number of phenols is 4. The van der Waals surface area contributed by atoms with Gasteiger partial charge in [0.25, 0.3) is 0 Å². The molecule has 0 unspecified atom stereocenters. The minimum atomic E-state index is -0.566. The fourth-order valence-corrected chi connectivity index (χ4v) is 4.70. The fraction of sp³-hybridized carbons (Fsp3) is 0.324. The molecule has 0 spiro atoms. The summed E-state index contributed by atoms with van der Waals surface area (Å²) in [6.07, 6.45) is 16.1. The Morgan fingerprint density at radius 3 is 2.08 bits per heavy atom. The number of allylic oxidation sites excluding steroid dienone is 3. The number of hydrogen-bond donors (Lipinski definition) is 4. The first-order chi connectivity index (χ1) is 19.3. The summed E-state index contributed by atoms with van der Waals surface area (Å²) in [5, 5.41) is 41.7.